The van der Waals surface area contributed by atoms with Crippen LogP contribution in [0.4, 0.5) is 0 Å². The summed E-state index contributed by atoms with van der Waals surface area (Å²) in [5.74, 6) is 0.752. The van der Waals surface area contributed by atoms with E-state index >= 15 is 0 Å². The summed E-state index contributed by atoms with van der Waals surface area (Å²) in [5.41, 5.74) is 0. The number of halogens is 1. The topological polar surface area (TPSA) is 32.3 Å². The zero-order valence-corrected chi connectivity index (χ0v) is 11.2. The fraction of sp³-hybridized carbons (Fsp3) is 0.545. The molecule has 0 spiro atoms. The number of fused-ring (bicyclic) bond motifs is 2. The Morgan fingerprint density at radius 3 is 2.94 bits per heavy atom. The van der Waals surface area contributed by atoms with Crippen LogP contribution in [0.2, 0.25) is 0 Å². The number of amides is 1. The van der Waals surface area contributed by atoms with Crippen molar-refractivity contribution in [2.75, 3.05) is 19.6 Å². The molecule has 2 unspecified atom stereocenters. The van der Waals surface area contributed by atoms with Crippen LogP contribution in [0.15, 0.2) is 15.9 Å². The van der Waals surface area contributed by atoms with Crippen LogP contribution in [0.25, 0.3) is 0 Å². The van der Waals surface area contributed by atoms with Crippen LogP contribution in [0.1, 0.15) is 16.1 Å². The van der Waals surface area contributed by atoms with Crippen molar-refractivity contribution in [1.29, 1.82) is 0 Å². The molecular weight excluding hydrogens is 288 g/mol. The number of hydrogen-bond acceptors (Lipinski definition) is 3. The summed E-state index contributed by atoms with van der Waals surface area (Å²) in [5, 5.41) is 3.15. The molecule has 1 aromatic heterocycles. The fourth-order valence-corrected chi connectivity index (χ4v) is 3.91. The van der Waals surface area contributed by atoms with E-state index in [4.69, 9.17) is 0 Å². The molecule has 5 heteroatoms. The van der Waals surface area contributed by atoms with E-state index in [0.717, 1.165) is 15.2 Å². The number of carbonyl (C=O) groups is 1. The molecule has 1 amide bonds. The minimum absolute atomic E-state index is 0.0782. The number of piperidine rings is 1. The van der Waals surface area contributed by atoms with Gasteiger partial charge in [-0.25, -0.2) is 0 Å². The second-order valence-electron chi connectivity index (χ2n) is 4.49. The highest BCUT2D eigenvalue weighted by Gasteiger charge is 2.38. The van der Waals surface area contributed by atoms with E-state index in [1.165, 1.54) is 30.8 Å². The number of rotatable bonds is 2. The predicted molar refractivity (Wildman–Crippen MR) is 67.8 cm³/mol. The highest BCUT2D eigenvalue weighted by molar-refractivity contribution is 9.11. The van der Waals surface area contributed by atoms with Crippen molar-refractivity contribution in [1.82, 2.24) is 10.2 Å². The van der Waals surface area contributed by atoms with Crippen LogP contribution in [0.5, 0.6) is 0 Å². The van der Waals surface area contributed by atoms with Gasteiger partial charge in [-0.15, -0.1) is 11.3 Å². The molecule has 3 atom stereocenters. The van der Waals surface area contributed by atoms with E-state index < -0.39 is 0 Å². The molecule has 3 rings (SSSR count). The Morgan fingerprint density at radius 2 is 2.38 bits per heavy atom. The Labute approximate surface area is 107 Å². The first kappa shape index (κ1) is 10.7. The average Bonchev–Trinajstić information content (AvgIpc) is 2.92. The van der Waals surface area contributed by atoms with Crippen molar-refractivity contribution in [3.63, 3.8) is 0 Å². The molecule has 86 valence electrons. The van der Waals surface area contributed by atoms with Gasteiger partial charge in [-0.2, -0.15) is 0 Å². The first-order chi connectivity index (χ1) is 7.72. The lowest BCUT2D eigenvalue weighted by atomic mass is 10.00. The highest BCUT2D eigenvalue weighted by Crippen LogP contribution is 2.28. The van der Waals surface area contributed by atoms with Gasteiger partial charge in [0.15, 0.2) is 0 Å². The van der Waals surface area contributed by atoms with Crippen molar-refractivity contribution < 1.29 is 4.79 Å². The SMILES string of the molecule is O=C(NC1CN2CC[C@H]1C2)c1ccc(Br)s1. The van der Waals surface area contributed by atoms with E-state index in [1.54, 1.807) is 0 Å². The van der Waals surface area contributed by atoms with Gasteiger partial charge >= 0.3 is 0 Å². The largest absolute Gasteiger partial charge is 0.347 e. The summed E-state index contributed by atoms with van der Waals surface area (Å²) in [6.45, 7) is 3.41. The maximum Gasteiger partial charge on any atom is 0.261 e. The van der Waals surface area contributed by atoms with Gasteiger partial charge in [0.05, 0.1) is 8.66 Å². The first-order valence-electron chi connectivity index (χ1n) is 5.51. The van der Waals surface area contributed by atoms with Gasteiger partial charge in [0.25, 0.3) is 5.91 Å². The van der Waals surface area contributed by atoms with Crippen molar-refractivity contribution in [2.24, 2.45) is 5.92 Å². The molecule has 2 aliphatic heterocycles. The number of nitrogens with one attached hydrogen (secondary N) is 1. The second-order valence-corrected chi connectivity index (χ2v) is 6.96. The molecule has 2 aliphatic rings. The van der Waals surface area contributed by atoms with Gasteiger partial charge in [0.1, 0.15) is 0 Å². The highest BCUT2D eigenvalue weighted by atomic mass is 79.9. The van der Waals surface area contributed by atoms with Gasteiger partial charge in [0, 0.05) is 19.1 Å². The third kappa shape index (κ3) is 1.92. The lowest BCUT2D eigenvalue weighted by molar-refractivity contribution is 0.0928. The second kappa shape index (κ2) is 4.13. The zero-order valence-electron chi connectivity index (χ0n) is 8.78. The van der Waals surface area contributed by atoms with Crippen LogP contribution in [0.3, 0.4) is 0 Å². The molecule has 16 heavy (non-hydrogen) atoms. The lowest BCUT2D eigenvalue weighted by Crippen LogP contribution is -2.42. The van der Waals surface area contributed by atoms with Gasteiger partial charge in [-0.1, -0.05) is 0 Å². The van der Waals surface area contributed by atoms with Crippen molar-refractivity contribution >= 4 is 33.2 Å². The summed E-state index contributed by atoms with van der Waals surface area (Å²) in [7, 11) is 0. The summed E-state index contributed by atoms with van der Waals surface area (Å²) in [4.78, 5) is 15.2. The molecule has 2 saturated heterocycles. The summed E-state index contributed by atoms with van der Waals surface area (Å²) in [6.07, 6.45) is 1.24. The summed E-state index contributed by atoms with van der Waals surface area (Å²) >= 11 is 4.87. The Morgan fingerprint density at radius 1 is 1.50 bits per heavy atom. The number of hydrogen-bond donors (Lipinski definition) is 1. The number of thiophene rings is 1. The van der Waals surface area contributed by atoms with Crippen molar-refractivity contribution in [3.05, 3.63) is 20.8 Å². The van der Waals surface area contributed by atoms with Crippen LogP contribution < -0.4 is 5.32 Å². The minimum atomic E-state index is 0.0782. The van der Waals surface area contributed by atoms with Gasteiger partial charge in [-0.05, 0) is 46.9 Å². The van der Waals surface area contributed by atoms with E-state index in [0.29, 0.717) is 12.0 Å². The fourth-order valence-electron chi connectivity index (χ4n) is 2.62. The standard InChI is InChI=1S/C11H13BrN2OS/c12-10-2-1-9(16-10)11(15)13-8-6-14-4-3-7(8)5-14/h1-2,7-8H,3-6H2,(H,13,15)/t7-,8?/m0/s1. The van der Waals surface area contributed by atoms with Crippen LogP contribution in [0, 0.1) is 5.92 Å². The Kier molecular flexibility index (Phi) is 2.77. The smallest absolute Gasteiger partial charge is 0.261 e. The predicted octanol–water partition coefficient (Wildman–Crippen LogP) is 1.94. The monoisotopic (exact) mass is 300 g/mol. The van der Waals surface area contributed by atoms with E-state index in [9.17, 15) is 4.79 Å². The van der Waals surface area contributed by atoms with Gasteiger partial charge in [0.2, 0.25) is 0 Å². The van der Waals surface area contributed by atoms with E-state index in [-0.39, 0.29) is 5.91 Å². The molecule has 3 nitrogen and oxygen atoms in total. The van der Waals surface area contributed by atoms with Crippen LogP contribution >= 0.6 is 27.3 Å². The molecule has 1 aromatic rings. The van der Waals surface area contributed by atoms with Crippen molar-refractivity contribution in [2.45, 2.75) is 12.5 Å². The third-order valence-electron chi connectivity index (χ3n) is 3.45. The normalized spacial score (nSPS) is 31.9. The molecule has 0 aliphatic carbocycles. The molecule has 0 saturated carbocycles. The molecule has 1 N–H and O–H groups in total. The van der Waals surface area contributed by atoms with Crippen LogP contribution in [-0.2, 0) is 0 Å². The molecule has 2 bridgehead atoms. The molecular formula is C11H13BrN2OS. The molecule has 2 fully saturated rings. The van der Waals surface area contributed by atoms with E-state index in [2.05, 4.69) is 26.1 Å². The maximum absolute atomic E-state index is 12.0. The van der Waals surface area contributed by atoms with Gasteiger partial charge in [-0.3, -0.25) is 4.79 Å². The van der Waals surface area contributed by atoms with Crippen molar-refractivity contribution in [3.8, 4) is 0 Å². The lowest BCUT2D eigenvalue weighted by Gasteiger charge is -2.22. The zero-order chi connectivity index (χ0) is 11.1. The number of nitrogens with zero attached hydrogens (tertiary/aromatic N) is 1. The number of carbonyl (C=O) groups excluding carboxylic acids is 1. The summed E-state index contributed by atoms with van der Waals surface area (Å²) in [6, 6.07) is 4.16. The van der Waals surface area contributed by atoms with E-state index in [1.807, 2.05) is 12.1 Å². The Balaban J connectivity index is 1.65. The quantitative estimate of drug-likeness (QED) is 0.905. The first-order valence-corrected chi connectivity index (χ1v) is 7.12. The Bertz CT molecular complexity index is 420. The molecule has 0 radical (unpaired) electrons. The Hall–Kier alpha value is -0.390. The van der Waals surface area contributed by atoms with Crippen LogP contribution in [-0.4, -0.2) is 36.5 Å². The average molecular weight is 301 g/mol. The molecule has 0 aromatic carbocycles. The summed E-state index contributed by atoms with van der Waals surface area (Å²) < 4.78 is 1.01. The maximum atomic E-state index is 12.0. The van der Waals surface area contributed by atoms with Gasteiger partial charge < -0.3 is 10.2 Å². The minimum Gasteiger partial charge on any atom is -0.347 e. The molecule has 3 heterocycles. The third-order valence-corrected chi connectivity index (χ3v) is 5.07.